The van der Waals surface area contributed by atoms with E-state index in [2.05, 4.69) is 5.32 Å². The Kier molecular flexibility index (Phi) is 6.14. The number of ether oxygens (including phenoxy) is 2. The molecule has 0 radical (unpaired) electrons. The zero-order valence-electron chi connectivity index (χ0n) is 14.2. The molecule has 1 amide bonds. The van der Waals surface area contributed by atoms with Gasteiger partial charge in [0.2, 0.25) is 0 Å². The number of aryl methyl sites for hydroxylation is 1. The standard InChI is InChI=1S/C18H22N2O4/c1-13(21)15-10-17(20(2)12-15)18(22)19-11-14-5-4-6-16(9-14)24-8-7-23-3/h4-6,9-10,12H,7-8,11H2,1-3H3,(H,19,22). The maximum atomic E-state index is 12.3. The minimum absolute atomic E-state index is 0.0643. The van der Waals surface area contributed by atoms with E-state index in [0.717, 1.165) is 11.3 Å². The fourth-order valence-electron chi connectivity index (χ4n) is 2.24. The van der Waals surface area contributed by atoms with Gasteiger partial charge in [0.25, 0.3) is 5.91 Å². The Morgan fingerprint density at radius 1 is 1.21 bits per heavy atom. The van der Waals surface area contributed by atoms with Gasteiger partial charge in [0, 0.05) is 32.5 Å². The normalized spacial score (nSPS) is 10.5. The summed E-state index contributed by atoms with van der Waals surface area (Å²) in [7, 11) is 3.36. The van der Waals surface area contributed by atoms with Crippen molar-refractivity contribution in [3.05, 3.63) is 53.3 Å². The number of carbonyl (C=O) groups excluding carboxylic acids is 2. The quantitative estimate of drug-likeness (QED) is 0.595. The largest absolute Gasteiger partial charge is 0.491 e. The molecule has 1 aromatic carbocycles. The van der Waals surface area contributed by atoms with Gasteiger partial charge < -0.3 is 19.4 Å². The van der Waals surface area contributed by atoms with Gasteiger partial charge in [0.1, 0.15) is 18.1 Å². The zero-order chi connectivity index (χ0) is 17.5. The number of ketones is 1. The van der Waals surface area contributed by atoms with Crippen LogP contribution in [0.25, 0.3) is 0 Å². The van der Waals surface area contributed by atoms with Crippen molar-refractivity contribution in [2.24, 2.45) is 7.05 Å². The summed E-state index contributed by atoms with van der Waals surface area (Å²) in [6, 6.07) is 9.12. The lowest BCUT2D eigenvalue weighted by Crippen LogP contribution is -2.24. The fourth-order valence-corrected chi connectivity index (χ4v) is 2.24. The number of aromatic nitrogens is 1. The number of rotatable bonds is 8. The van der Waals surface area contributed by atoms with Crippen LogP contribution >= 0.6 is 0 Å². The maximum absolute atomic E-state index is 12.3. The highest BCUT2D eigenvalue weighted by molar-refractivity contribution is 5.99. The molecule has 1 heterocycles. The van der Waals surface area contributed by atoms with Crippen LogP contribution in [0.5, 0.6) is 5.75 Å². The molecule has 0 saturated carbocycles. The van der Waals surface area contributed by atoms with Gasteiger partial charge in [0.15, 0.2) is 5.78 Å². The van der Waals surface area contributed by atoms with Crippen LogP contribution in [-0.2, 0) is 18.3 Å². The highest BCUT2D eigenvalue weighted by atomic mass is 16.5. The molecular formula is C18H22N2O4. The predicted molar refractivity (Wildman–Crippen MR) is 90.4 cm³/mol. The molecule has 0 aliphatic carbocycles. The number of Topliss-reactive ketones (excluding diaryl/α,β-unsaturated/α-hetero) is 1. The minimum atomic E-state index is -0.226. The van der Waals surface area contributed by atoms with Gasteiger partial charge in [-0.2, -0.15) is 0 Å². The van der Waals surface area contributed by atoms with E-state index in [1.807, 2.05) is 24.3 Å². The predicted octanol–water partition coefficient (Wildman–Crippen LogP) is 2.18. The van der Waals surface area contributed by atoms with Crippen LogP contribution in [0, 0.1) is 0 Å². The molecule has 0 aliphatic heterocycles. The summed E-state index contributed by atoms with van der Waals surface area (Å²) < 4.78 is 12.1. The van der Waals surface area contributed by atoms with Crippen LogP contribution in [0.3, 0.4) is 0 Å². The first-order valence-electron chi connectivity index (χ1n) is 7.67. The monoisotopic (exact) mass is 330 g/mol. The van der Waals surface area contributed by atoms with Crippen LogP contribution in [0.15, 0.2) is 36.5 Å². The smallest absolute Gasteiger partial charge is 0.268 e. The van der Waals surface area contributed by atoms with Crippen molar-refractivity contribution in [1.29, 1.82) is 0 Å². The average Bonchev–Trinajstić information content (AvgIpc) is 2.96. The summed E-state index contributed by atoms with van der Waals surface area (Å²) in [5, 5.41) is 2.85. The minimum Gasteiger partial charge on any atom is -0.491 e. The lowest BCUT2D eigenvalue weighted by atomic mass is 10.2. The van der Waals surface area contributed by atoms with E-state index in [9.17, 15) is 9.59 Å². The van der Waals surface area contributed by atoms with E-state index in [0.29, 0.717) is 31.0 Å². The molecule has 0 saturated heterocycles. The van der Waals surface area contributed by atoms with Gasteiger partial charge in [-0.15, -0.1) is 0 Å². The second kappa shape index (κ2) is 8.31. The molecule has 0 atom stereocenters. The Bertz CT molecular complexity index is 722. The van der Waals surface area contributed by atoms with Crippen molar-refractivity contribution in [1.82, 2.24) is 9.88 Å². The van der Waals surface area contributed by atoms with Gasteiger partial charge in [-0.25, -0.2) is 0 Å². The van der Waals surface area contributed by atoms with Gasteiger partial charge >= 0.3 is 0 Å². The summed E-state index contributed by atoms with van der Waals surface area (Å²) in [6.45, 7) is 2.85. The first-order valence-corrected chi connectivity index (χ1v) is 7.67. The first-order chi connectivity index (χ1) is 11.5. The number of carbonyl (C=O) groups is 2. The third kappa shape index (κ3) is 4.70. The molecule has 1 aromatic heterocycles. The molecule has 0 unspecified atom stereocenters. The lowest BCUT2D eigenvalue weighted by molar-refractivity contribution is 0.0942. The summed E-state index contributed by atoms with van der Waals surface area (Å²) in [5.74, 6) is 0.442. The van der Waals surface area contributed by atoms with Crippen LogP contribution in [-0.4, -0.2) is 36.6 Å². The van der Waals surface area contributed by atoms with Gasteiger partial charge in [-0.1, -0.05) is 12.1 Å². The van der Waals surface area contributed by atoms with E-state index in [1.165, 1.54) is 6.92 Å². The summed E-state index contributed by atoms with van der Waals surface area (Å²) in [4.78, 5) is 23.7. The van der Waals surface area contributed by atoms with Crippen molar-refractivity contribution < 1.29 is 19.1 Å². The summed E-state index contributed by atoms with van der Waals surface area (Å²) in [5.41, 5.74) is 1.91. The maximum Gasteiger partial charge on any atom is 0.268 e. The van der Waals surface area contributed by atoms with Crippen molar-refractivity contribution in [3.63, 3.8) is 0 Å². The molecule has 0 spiro atoms. The van der Waals surface area contributed by atoms with E-state index >= 15 is 0 Å². The molecule has 128 valence electrons. The fraction of sp³-hybridized carbons (Fsp3) is 0.333. The Balaban J connectivity index is 1.96. The number of hydrogen-bond donors (Lipinski definition) is 1. The van der Waals surface area contributed by atoms with Gasteiger partial charge in [-0.3, -0.25) is 9.59 Å². The molecule has 2 rings (SSSR count). The van der Waals surface area contributed by atoms with Crippen LogP contribution < -0.4 is 10.1 Å². The number of benzene rings is 1. The number of hydrogen-bond acceptors (Lipinski definition) is 4. The van der Waals surface area contributed by atoms with E-state index in [4.69, 9.17) is 9.47 Å². The topological polar surface area (TPSA) is 69.6 Å². The van der Waals surface area contributed by atoms with Crippen molar-refractivity contribution in [3.8, 4) is 5.75 Å². The molecule has 1 N–H and O–H groups in total. The van der Waals surface area contributed by atoms with Gasteiger partial charge in [0.05, 0.1) is 6.61 Å². The average molecular weight is 330 g/mol. The summed E-state index contributed by atoms with van der Waals surface area (Å²) >= 11 is 0. The first kappa shape index (κ1) is 17.7. The van der Waals surface area contributed by atoms with Crippen LogP contribution in [0.2, 0.25) is 0 Å². The molecule has 0 aliphatic rings. The molecule has 24 heavy (non-hydrogen) atoms. The van der Waals surface area contributed by atoms with Gasteiger partial charge in [-0.05, 0) is 30.7 Å². The number of methoxy groups -OCH3 is 1. The summed E-state index contributed by atoms with van der Waals surface area (Å²) in [6.07, 6.45) is 1.65. The molecule has 2 aromatic rings. The van der Waals surface area contributed by atoms with Crippen molar-refractivity contribution >= 4 is 11.7 Å². The Hall–Kier alpha value is -2.60. The molecule has 6 nitrogen and oxygen atoms in total. The van der Waals surface area contributed by atoms with Crippen LogP contribution in [0.4, 0.5) is 0 Å². The number of nitrogens with one attached hydrogen (secondary N) is 1. The van der Waals surface area contributed by atoms with E-state index < -0.39 is 0 Å². The Labute approximate surface area is 141 Å². The SMILES string of the molecule is COCCOc1cccc(CNC(=O)c2cc(C(C)=O)cn2C)c1. The van der Waals surface area contributed by atoms with E-state index in [1.54, 1.807) is 31.0 Å². The second-order valence-electron chi connectivity index (χ2n) is 5.45. The third-order valence-electron chi connectivity index (χ3n) is 3.55. The zero-order valence-corrected chi connectivity index (χ0v) is 14.2. The van der Waals surface area contributed by atoms with Crippen LogP contribution in [0.1, 0.15) is 33.3 Å². The molecule has 6 heteroatoms. The highest BCUT2D eigenvalue weighted by Gasteiger charge is 2.13. The van der Waals surface area contributed by atoms with E-state index in [-0.39, 0.29) is 11.7 Å². The van der Waals surface area contributed by atoms with Crippen molar-refractivity contribution in [2.75, 3.05) is 20.3 Å². The Morgan fingerprint density at radius 2 is 2.00 bits per heavy atom. The lowest BCUT2D eigenvalue weighted by Gasteiger charge is -2.09. The molecular weight excluding hydrogens is 308 g/mol. The Morgan fingerprint density at radius 3 is 2.67 bits per heavy atom. The molecule has 0 fully saturated rings. The molecule has 0 bridgehead atoms. The number of nitrogens with zero attached hydrogens (tertiary/aromatic N) is 1. The third-order valence-corrected chi connectivity index (χ3v) is 3.55. The second-order valence-corrected chi connectivity index (χ2v) is 5.45. The highest BCUT2D eigenvalue weighted by Crippen LogP contribution is 2.14. The van der Waals surface area contributed by atoms with Crippen molar-refractivity contribution in [2.45, 2.75) is 13.5 Å². The number of amides is 1.